The summed E-state index contributed by atoms with van der Waals surface area (Å²) >= 11 is 1.56. The van der Waals surface area contributed by atoms with Gasteiger partial charge in [-0.15, -0.1) is 11.3 Å². The molecular formula is C21H19FN2O2S. The maximum Gasteiger partial charge on any atom is 0.238 e. The van der Waals surface area contributed by atoms with Crippen LogP contribution in [0.4, 0.5) is 10.1 Å². The van der Waals surface area contributed by atoms with Gasteiger partial charge in [0.25, 0.3) is 0 Å². The zero-order valence-electron chi connectivity index (χ0n) is 14.7. The monoisotopic (exact) mass is 382 g/mol. The second-order valence-electron chi connectivity index (χ2n) is 6.03. The molecule has 1 heterocycles. The van der Waals surface area contributed by atoms with Crippen molar-refractivity contribution in [3.63, 3.8) is 0 Å². The fourth-order valence-electron chi connectivity index (χ4n) is 2.78. The first-order valence-corrected chi connectivity index (χ1v) is 9.34. The summed E-state index contributed by atoms with van der Waals surface area (Å²) in [6.07, 6.45) is 0. The number of para-hydroxylation sites is 1. The molecule has 0 radical (unpaired) electrons. The van der Waals surface area contributed by atoms with Crippen molar-refractivity contribution in [2.24, 2.45) is 0 Å². The first-order chi connectivity index (χ1) is 13.0. The Labute approximate surface area is 161 Å². The van der Waals surface area contributed by atoms with Crippen LogP contribution in [0.3, 0.4) is 0 Å². The molecule has 0 saturated heterocycles. The van der Waals surface area contributed by atoms with Crippen LogP contribution in [-0.2, 0) is 4.79 Å². The Hall–Kier alpha value is -2.83. The molecule has 1 amide bonds. The molecule has 0 aliphatic heterocycles. The molecule has 0 aliphatic carbocycles. The molecule has 2 N–H and O–H groups in total. The normalized spacial score (nSPS) is 11.8. The molecule has 1 atom stereocenters. The predicted octanol–water partition coefficient (Wildman–Crippen LogP) is 4.41. The second kappa shape index (κ2) is 8.70. The standard InChI is InChI=1S/C21H19FN2O2S/c1-14(25)17-5-2-3-6-18(17)24-20(26)13-23-21(19-7-4-12-27-19)15-8-10-16(22)11-9-15/h2-12,21,23H,13H2,1H3,(H,24,26). The van der Waals surface area contributed by atoms with Gasteiger partial charge < -0.3 is 5.32 Å². The zero-order valence-corrected chi connectivity index (χ0v) is 15.6. The molecule has 0 fully saturated rings. The van der Waals surface area contributed by atoms with E-state index in [1.165, 1.54) is 19.1 Å². The number of amides is 1. The van der Waals surface area contributed by atoms with E-state index in [1.807, 2.05) is 17.5 Å². The molecule has 6 heteroatoms. The Balaban J connectivity index is 1.71. The Morgan fingerprint density at radius 1 is 1.04 bits per heavy atom. The van der Waals surface area contributed by atoms with E-state index < -0.39 is 0 Å². The third kappa shape index (κ3) is 4.87. The molecule has 0 spiro atoms. The molecule has 27 heavy (non-hydrogen) atoms. The maximum absolute atomic E-state index is 13.2. The van der Waals surface area contributed by atoms with Crippen LogP contribution in [0.1, 0.15) is 33.8 Å². The lowest BCUT2D eigenvalue weighted by Crippen LogP contribution is -2.31. The van der Waals surface area contributed by atoms with Gasteiger partial charge in [-0.05, 0) is 48.2 Å². The zero-order chi connectivity index (χ0) is 19.2. The highest BCUT2D eigenvalue weighted by Gasteiger charge is 2.17. The topological polar surface area (TPSA) is 58.2 Å². The summed E-state index contributed by atoms with van der Waals surface area (Å²) in [4.78, 5) is 25.1. The maximum atomic E-state index is 13.2. The van der Waals surface area contributed by atoms with Crippen molar-refractivity contribution >= 4 is 28.7 Å². The minimum Gasteiger partial charge on any atom is -0.324 e. The summed E-state index contributed by atoms with van der Waals surface area (Å²) < 4.78 is 13.2. The van der Waals surface area contributed by atoms with Gasteiger partial charge in [0.05, 0.1) is 18.3 Å². The average Bonchev–Trinajstić information content (AvgIpc) is 3.18. The fraction of sp³-hybridized carbons (Fsp3) is 0.143. The van der Waals surface area contributed by atoms with Gasteiger partial charge in [0.1, 0.15) is 5.82 Å². The molecule has 0 bridgehead atoms. The lowest BCUT2D eigenvalue weighted by atomic mass is 10.1. The van der Waals surface area contributed by atoms with Crippen molar-refractivity contribution in [2.45, 2.75) is 13.0 Å². The SMILES string of the molecule is CC(=O)c1ccccc1NC(=O)CNC(c1ccc(F)cc1)c1cccs1. The average molecular weight is 382 g/mol. The summed E-state index contributed by atoms with van der Waals surface area (Å²) in [5.74, 6) is -0.670. The molecule has 3 rings (SSSR count). The highest BCUT2D eigenvalue weighted by atomic mass is 32.1. The lowest BCUT2D eigenvalue weighted by Gasteiger charge is -2.18. The van der Waals surface area contributed by atoms with Crippen LogP contribution in [0.15, 0.2) is 66.0 Å². The number of Topliss-reactive ketones (excluding diaryl/α,β-unsaturated/α-hetero) is 1. The number of carbonyl (C=O) groups is 2. The summed E-state index contributed by atoms with van der Waals surface area (Å²) in [6, 6.07) is 16.8. The van der Waals surface area contributed by atoms with E-state index >= 15 is 0 Å². The molecule has 1 unspecified atom stereocenters. The summed E-state index contributed by atoms with van der Waals surface area (Å²) in [5, 5.41) is 7.95. The first kappa shape index (κ1) is 18.9. The Kier molecular flexibility index (Phi) is 6.11. The quantitative estimate of drug-likeness (QED) is 0.595. The molecule has 138 valence electrons. The molecule has 2 aromatic carbocycles. The van der Waals surface area contributed by atoms with Gasteiger partial charge in [-0.3, -0.25) is 14.9 Å². The van der Waals surface area contributed by atoms with E-state index in [4.69, 9.17) is 0 Å². The number of rotatable bonds is 7. The van der Waals surface area contributed by atoms with Crippen molar-refractivity contribution in [1.82, 2.24) is 5.32 Å². The molecule has 0 saturated carbocycles. The van der Waals surface area contributed by atoms with Gasteiger partial charge in [-0.2, -0.15) is 0 Å². The van der Waals surface area contributed by atoms with Crippen LogP contribution in [0.2, 0.25) is 0 Å². The second-order valence-corrected chi connectivity index (χ2v) is 7.01. The number of thiophene rings is 1. The smallest absolute Gasteiger partial charge is 0.238 e. The lowest BCUT2D eigenvalue weighted by molar-refractivity contribution is -0.115. The molecule has 3 aromatic rings. The van der Waals surface area contributed by atoms with E-state index in [1.54, 1.807) is 47.7 Å². The number of anilines is 1. The van der Waals surface area contributed by atoms with E-state index in [0.29, 0.717) is 11.3 Å². The highest BCUT2D eigenvalue weighted by molar-refractivity contribution is 7.10. The van der Waals surface area contributed by atoms with E-state index in [9.17, 15) is 14.0 Å². The largest absolute Gasteiger partial charge is 0.324 e. The van der Waals surface area contributed by atoms with Gasteiger partial charge in [0, 0.05) is 10.4 Å². The Morgan fingerprint density at radius 3 is 2.44 bits per heavy atom. The van der Waals surface area contributed by atoms with E-state index in [-0.39, 0.29) is 30.1 Å². The fourth-order valence-corrected chi connectivity index (χ4v) is 3.61. The van der Waals surface area contributed by atoms with Crippen LogP contribution in [0.5, 0.6) is 0 Å². The number of carbonyl (C=O) groups excluding carboxylic acids is 2. The van der Waals surface area contributed by atoms with Crippen molar-refractivity contribution in [1.29, 1.82) is 0 Å². The van der Waals surface area contributed by atoms with E-state index in [2.05, 4.69) is 10.6 Å². The van der Waals surface area contributed by atoms with Crippen LogP contribution in [0.25, 0.3) is 0 Å². The van der Waals surface area contributed by atoms with Crippen molar-refractivity contribution < 1.29 is 14.0 Å². The number of hydrogen-bond acceptors (Lipinski definition) is 4. The van der Waals surface area contributed by atoms with E-state index in [0.717, 1.165) is 10.4 Å². The predicted molar refractivity (Wildman–Crippen MR) is 106 cm³/mol. The number of nitrogens with one attached hydrogen (secondary N) is 2. The third-order valence-electron chi connectivity index (χ3n) is 4.08. The summed E-state index contributed by atoms with van der Waals surface area (Å²) in [5.41, 5.74) is 1.83. The number of hydrogen-bond donors (Lipinski definition) is 2. The van der Waals surface area contributed by atoms with Gasteiger partial charge in [0.15, 0.2) is 5.78 Å². The van der Waals surface area contributed by atoms with Crippen LogP contribution in [0, 0.1) is 5.82 Å². The van der Waals surface area contributed by atoms with Crippen LogP contribution in [-0.4, -0.2) is 18.2 Å². The Bertz CT molecular complexity index is 924. The molecule has 1 aromatic heterocycles. The molecule has 0 aliphatic rings. The van der Waals surface area contributed by atoms with Gasteiger partial charge in [-0.25, -0.2) is 4.39 Å². The number of ketones is 1. The summed E-state index contributed by atoms with van der Waals surface area (Å²) in [7, 11) is 0. The third-order valence-corrected chi connectivity index (χ3v) is 5.02. The van der Waals surface area contributed by atoms with Crippen LogP contribution >= 0.6 is 11.3 Å². The minimum absolute atomic E-state index is 0.0478. The number of benzene rings is 2. The highest BCUT2D eigenvalue weighted by Crippen LogP contribution is 2.26. The summed E-state index contributed by atoms with van der Waals surface area (Å²) in [6.45, 7) is 1.51. The van der Waals surface area contributed by atoms with Crippen LogP contribution < -0.4 is 10.6 Å². The number of halogens is 1. The molecular weight excluding hydrogens is 363 g/mol. The Morgan fingerprint density at radius 2 is 1.78 bits per heavy atom. The van der Waals surface area contributed by atoms with Gasteiger partial charge in [0.2, 0.25) is 5.91 Å². The van der Waals surface area contributed by atoms with Gasteiger partial charge >= 0.3 is 0 Å². The van der Waals surface area contributed by atoms with Crippen molar-refractivity contribution in [3.05, 3.63) is 87.9 Å². The van der Waals surface area contributed by atoms with Crippen molar-refractivity contribution in [3.8, 4) is 0 Å². The molecule has 4 nitrogen and oxygen atoms in total. The first-order valence-electron chi connectivity index (χ1n) is 8.46. The minimum atomic E-state index is -0.303. The van der Waals surface area contributed by atoms with Crippen molar-refractivity contribution in [2.75, 3.05) is 11.9 Å². The van der Waals surface area contributed by atoms with Gasteiger partial charge in [-0.1, -0.05) is 30.3 Å².